The molecule has 3 rings (SSSR count). The number of benzene rings is 1. The summed E-state index contributed by atoms with van der Waals surface area (Å²) in [5.41, 5.74) is 2.66. The van der Waals surface area contributed by atoms with Gasteiger partial charge in [-0.3, -0.25) is 10.2 Å². The smallest absolute Gasteiger partial charge is 0.320 e. The largest absolute Gasteiger partial charge is 0.383 e. The molecule has 1 saturated heterocycles. The molecule has 2 atom stereocenters. The lowest BCUT2D eigenvalue weighted by Crippen LogP contribution is -2.44. The Morgan fingerprint density at radius 1 is 1.39 bits per heavy atom. The maximum absolute atomic E-state index is 12.7. The number of nitrogens with zero attached hydrogens (tertiary/aromatic N) is 3. The second-order valence-electron chi connectivity index (χ2n) is 6.70. The third kappa shape index (κ3) is 4.41. The van der Waals surface area contributed by atoms with Gasteiger partial charge in [-0.15, -0.1) is 6.58 Å². The van der Waals surface area contributed by atoms with Gasteiger partial charge >= 0.3 is 6.03 Å². The fourth-order valence-electron chi connectivity index (χ4n) is 3.10. The Hall–Kier alpha value is -2.68. The topological polar surface area (TPSA) is 80.7 Å². The highest BCUT2D eigenvalue weighted by atomic mass is 16.7. The molecule has 28 heavy (non-hydrogen) atoms. The molecule has 2 aromatic rings. The van der Waals surface area contributed by atoms with Gasteiger partial charge in [-0.2, -0.15) is 10.2 Å². The summed E-state index contributed by atoms with van der Waals surface area (Å²) in [5.74, 6) is 0.645. The second-order valence-corrected chi connectivity index (χ2v) is 6.70. The zero-order valence-electron chi connectivity index (χ0n) is 16.5. The number of para-hydroxylation sites is 1. The van der Waals surface area contributed by atoms with Crippen LogP contribution in [0, 0.1) is 13.8 Å². The Labute approximate surface area is 165 Å². The number of hydrogen-bond acceptors (Lipinski definition) is 5. The number of carbonyl (C=O) groups is 1. The zero-order valence-corrected chi connectivity index (χ0v) is 16.5. The van der Waals surface area contributed by atoms with Crippen molar-refractivity contribution in [1.29, 1.82) is 0 Å². The Balaban J connectivity index is 1.71. The number of urea groups is 1. The molecule has 8 nitrogen and oxygen atoms in total. The minimum atomic E-state index is -0.311. The van der Waals surface area contributed by atoms with Crippen molar-refractivity contribution in [3.63, 3.8) is 0 Å². The lowest BCUT2D eigenvalue weighted by Gasteiger charge is -2.16. The van der Waals surface area contributed by atoms with Crippen LogP contribution in [0.3, 0.4) is 0 Å². The number of anilines is 1. The van der Waals surface area contributed by atoms with E-state index in [0.717, 1.165) is 16.9 Å². The molecule has 1 aliphatic rings. The van der Waals surface area contributed by atoms with Gasteiger partial charge in [0.25, 0.3) is 0 Å². The number of amides is 2. The van der Waals surface area contributed by atoms with E-state index in [-0.39, 0.29) is 18.2 Å². The molecule has 1 aromatic heterocycles. The quantitative estimate of drug-likeness (QED) is 0.716. The first kappa shape index (κ1) is 20.1. The second kappa shape index (κ2) is 9.01. The van der Waals surface area contributed by atoms with Crippen molar-refractivity contribution >= 4 is 11.8 Å². The summed E-state index contributed by atoms with van der Waals surface area (Å²) in [4.78, 5) is 18.5. The van der Waals surface area contributed by atoms with Crippen molar-refractivity contribution in [2.75, 3.05) is 32.1 Å². The van der Waals surface area contributed by atoms with Crippen LogP contribution in [0.2, 0.25) is 0 Å². The third-order valence-electron chi connectivity index (χ3n) is 4.75. The maximum Gasteiger partial charge on any atom is 0.320 e. The molecule has 0 aliphatic carbocycles. The van der Waals surface area contributed by atoms with Crippen LogP contribution in [-0.2, 0) is 9.57 Å². The van der Waals surface area contributed by atoms with Crippen LogP contribution in [0.1, 0.15) is 11.3 Å². The molecule has 8 heteroatoms. The van der Waals surface area contributed by atoms with Crippen LogP contribution < -0.4 is 10.6 Å². The Morgan fingerprint density at radius 2 is 2.14 bits per heavy atom. The summed E-state index contributed by atoms with van der Waals surface area (Å²) in [6, 6.07) is 9.19. The van der Waals surface area contributed by atoms with Gasteiger partial charge in [-0.1, -0.05) is 24.3 Å². The molecule has 0 unspecified atom stereocenters. The highest BCUT2D eigenvalue weighted by molar-refractivity contribution is 5.90. The summed E-state index contributed by atoms with van der Waals surface area (Å²) in [5, 5.41) is 12.3. The van der Waals surface area contributed by atoms with Gasteiger partial charge in [-0.05, 0) is 26.0 Å². The van der Waals surface area contributed by atoms with E-state index in [4.69, 9.17) is 9.57 Å². The Morgan fingerprint density at radius 3 is 2.82 bits per heavy atom. The zero-order chi connectivity index (χ0) is 20.1. The summed E-state index contributed by atoms with van der Waals surface area (Å²) in [6.07, 6.45) is 1.41. The minimum absolute atomic E-state index is 0.205. The van der Waals surface area contributed by atoms with Crippen LogP contribution in [0.5, 0.6) is 0 Å². The number of hydroxylamine groups is 2. The van der Waals surface area contributed by atoms with E-state index in [1.165, 1.54) is 0 Å². The van der Waals surface area contributed by atoms with E-state index >= 15 is 0 Å². The van der Waals surface area contributed by atoms with Crippen molar-refractivity contribution in [3.05, 3.63) is 54.2 Å². The van der Waals surface area contributed by atoms with Crippen LogP contribution in [-0.4, -0.2) is 59.8 Å². The van der Waals surface area contributed by atoms with Crippen molar-refractivity contribution in [3.8, 4) is 5.69 Å². The molecule has 0 saturated carbocycles. The number of methoxy groups -OCH3 is 1. The molecule has 2 heterocycles. The molecule has 1 aromatic carbocycles. The SMILES string of the molecule is C=C[C@@H]1ON(CCOC)C[C@H]1NC(=O)Nc1c(C)c(C)nn1-c1ccccc1. The Bertz CT molecular complexity index is 821. The van der Waals surface area contributed by atoms with Crippen LogP contribution in [0.15, 0.2) is 43.0 Å². The number of ether oxygens (including phenoxy) is 1. The first-order chi connectivity index (χ1) is 13.5. The average molecular weight is 385 g/mol. The average Bonchev–Trinajstić information content (AvgIpc) is 3.22. The molecular formula is C20H27N5O3. The molecule has 0 radical (unpaired) electrons. The molecule has 150 valence electrons. The summed E-state index contributed by atoms with van der Waals surface area (Å²) < 4.78 is 6.82. The van der Waals surface area contributed by atoms with Crippen LogP contribution in [0.4, 0.5) is 10.6 Å². The van der Waals surface area contributed by atoms with Gasteiger partial charge in [-0.25, -0.2) is 9.48 Å². The highest BCUT2D eigenvalue weighted by Gasteiger charge is 2.33. The normalized spacial score (nSPS) is 19.5. The number of nitrogens with one attached hydrogen (secondary N) is 2. The summed E-state index contributed by atoms with van der Waals surface area (Å²) >= 11 is 0. The predicted octanol–water partition coefficient (Wildman–Crippen LogP) is 2.43. The van der Waals surface area contributed by atoms with E-state index in [2.05, 4.69) is 22.3 Å². The van der Waals surface area contributed by atoms with Gasteiger partial charge in [0.2, 0.25) is 0 Å². The molecule has 1 aliphatic heterocycles. The fourth-order valence-corrected chi connectivity index (χ4v) is 3.10. The summed E-state index contributed by atoms with van der Waals surface area (Å²) in [7, 11) is 1.64. The van der Waals surface area contributed by atoms with Gasteiger partial charge < -0.3 is 10.1 Å². The van der Waals surface area contributed by atoms with Crippen molar-refractivity contribution in [2.24, 2.45) is 0 Å². The van der Waals surface area contributed by atoms with E-state index in [9.17, 15) is 4.79 Å². The first-order valence-corrected chi connectivity index (χ1v) is 9.26. The maximum atomic E-state index is 12.7. The van der Waals surface area contributed by atoms with Gasteiger partial charge in [0.1, 0.15) is 11.9 Å². The van der Waals surface area contributed by atoms with Crippen molar-refractivity contribution in [1.82, 2.24) is 20.2 Å². The number of aromatic nitrogens is 2. The van der Waals surface area contributed by atoms with Crippen molar-refractivity contribution in [2.45, 2.75) is 26.0 Å². The molecule has 0 spiro atoms. The number of hydrogen-bond donors (Lipinski definition) is 2. The third-order valence-corrected chi connectivity index (χ3v) is 4.75. The van der Waals surface area contributed by atoms with Gasteiger partial charge in [0, 0.05) is 25.8 Å². The van der Waals surface area contributed by atoms with E-state index < -0.39 is 0 Å². The van der Waals surface area contributed by atoms with Crippen LogP contribution in [0.25, 0.3) is 5.69 Å². The predicted molar refractivity (Wildman–Crippen MR) is 107 cm³/mol. The van der Waals surface area contributed by atoms with E-state index in [1.54, 1.807) is 22.9 Å². The Kier molecular flexibility index (Phi) is 6.45. The first-order valence-electron chi connectivity index (χ1n) is 9.26. The molecule has 2 N–H and O–H groups in total. The standard InChI is InChI=1S/C20H27N5O3/c1-5-18-17(13-24(28-18)11-12-27-4)21-20(26)22-19-14(2)15(3)23-25(19)16-9-7-6-8-10-16/h5-10,17-18H,1,11-13H2,2-4H3,(H2,21,22,26)/t17-,18+/m1/s1. The fraction of sp³-hybridized carbons (Fsp3) is 0.400. The van der Waals surface area contributed by atoms with Crippen LogP contribution >= 0.6 is 0 Å². The molecule has 2 amide bonds. The number of carbonyl (C=O) groups excluding carboxylic acids is 1. The minimum Gasteiger partial charge on any atom is -0.383 e. The number of aryl methyl sites for hydroxylation is 1. The number of rotatable bonds is 7. The monoisotopic (exact) mass is 385 g/mol. The molecule has 1 fully saturated rings. The lowest BCUT2D eigenvalue weighted by molar-refractivity contribution is -0.139. The van der Waals surface area contributed by atoms with Gasteiger partial charge in [0.15, 0.2) is 0 Å². The molecular weight excluding hydrogens is 358 g/mol. The highest BCUT2D eigenvalue weighted by Crippen LogP contribution is 2.23. The van der Waals surface area contributed by atoms with Crippen molar-refractivity contribution < 1.29 is 14.4 Å². The molecule has 0 bridgehead atoms. The van der Waals surface area contributed by atoms with E-state index in [0.29, 0.717) is 25.5 Å². The summed E-state index contributed by atoms with van der Waals surface area (Å²) in [6.45, 7) is 9.40. The van der Waals surface area contributed by atoms with Gasteiger partial charge in [0.05, 0.1) is 24.0 Å². The van der Waals surface area contributed by atoms with E-state index in [1.807, 2.05) is 44.2 Å². The lowest BCUT2D eigenvalue weighted by atomic mass is 10.2.